The van der Waals surface area contributed by atoms with Crippen molar-refractivity contribution in [3.05, 3.63) is 35.1 Å². The van der Waals surface area contributed by atoms with Crippen molar-refractivity contribution in [2.45, 2.75) is 51.9 Å². The van der Waals surface area contributed by atoms with E-state index >= 15 is 0 Å². The molecule has 0 aromatic heterocycles. The van der Waals surface area contributed by atoms with Crippen LogP contribution in [0.15, 0.2) is 35.1 Å². The Labute approximate surface area is 157 Å². The van der Waals surface area contributed by atoms with Crippen LogP contribution in [-0.2, 0) is 23.9 Å². The number of hydrogen-bond acceptors (Lipinski definition) is 7. The zero-order valence-electron chi connectivity index (χ0n) is 15.8. The summed E-state index contributed by atoms with van der Waals surface area (Å²) < 4.78 is 11.1. The molecular weight excluding hydrogens is 352 g/mol. The Morgan fingerprint density at radius 3 is 2.59 bits per heavy atom. The zero-order valence-corrected chi connectivity index (χ0v) is 15.8. The Morgan fingerprint density at radius 2 is 2.00 bits per heavy atom. The van der Waals surface area contributed by atoms with E-state index in [1.165, 1.54) is 6.92 Å². The highest BCUT2D eigenvalue weighted by Gasteiger charge is 2.62. The van der Waals surface area contributed by atoms with Crippen molar-refractivity contribution in [2.24, 2.45) is 17.8 Å². The van der Waals surface area contributed by atoms with E-state index in [1.54, 1.807) is 26.8 Å². The highest BCUT2D eigenvalue weighted by Crippen LogP contribution is 2.53. The zero-order chi connectivity index (χ0) is 20.3. The number of ether oxygens (including phenoxy) is 2. The van der Waals surface area contributed by atoms with Gasteiger partial charge in [-0.25, -0.2) is 9.59 Å². The summed E-state index contributed by atoms with van der Waals surface area (Å²) >= 11 is 0. The van der Waals surface area contributed by atoms with Crippen molar-refractivity contribution in [1.29, 1.82) is 0 Å². The number of carbonyl (C=O) groups excluding carboxylic acids is 3. The fourth-order valence-corrected chi connectivity index (χ4v) is 4.48. The molecule has 2 fully saturated rings. The van der Waals surface area contributed by atoms with Crippen LogP contribution in [0.25, 0.3) is 0 Å². The normalized spacial score (nSPS) is 39.1. The lowest BCUT2D eigenvalue weighted by molar-refractivity contribution is -0.150. The maximum Gasteiger partial charge on any atom is 0.334 e. The molecule has 3 rings (SSSR count). The maximum absolute atomic E-state index is 12.6. The second kappa shape index (κ2) is 6.34. The number of allylic oxidation sites excluding steroid dienone is 2. The van der Waals surface area contributed by atoms with E-state index in [4.69, 9.17) is 9.47 Å². The van der Waals surface area contributed by atoms with E-state index < -0.39 is 59.0 Å². The van der Waals surface area contributed by atoms with E-state index in [2.05, 4.69) is 6.58 Å². The van der Waals surface area contributed by atoms with E-state index in [0.29, 0.717) is 11.1 Å². The summed E-state index contributed by atoms with van der Waals surface area (Å²) in [4.78, 5) is 37.1. The molecule has 0 amide bonds. The van der Waals surface area contributed by atoms with Gasteiger partial charge in [0.15, 0.2) is 5.76 Å². The summed E-state index contributed by atoms with van der Waals surface area (Å²) in [6.07, 6.45) is -0.218. The Hall–Kier alpha value is -2.41. The molecule has 0 aromatic carbocycles. The second-order valence-corrected chi connectivity index (χ2v) is 7.80. The van der Waals surface area contributed by atoms with Crippen molar-refractivity contribution in [1.82, 2.24) is 0 Å². The van der Waals surface area contributed by atoms with Gasteiger partial charge in [-0.05, 0) is 33.3 Å². The molecule has 0 spiro atoms. The molecule has 146 valence electrons. The number of Topliss-reactive ketones (excluding diaryl/α,β-unsaturated/α-hetero) is 1. The number of aliphatic hydroxyl groups is 2. The number of fused-ring (bicyclic) bond motifs is 3. The van der Waals surface area contributed by atoms with Gasteiger partial charge in [-0.3, -0.25) is 4.79 Å². The van der Waals surface area contributed by atoms with Crippen molar-refractivity contribution >= 4 is 17.7 Å². The third kappa shape index (κ3) is 2.81. The van der Waals surface area contributed by atoms with Gasteiger partial charge in [0.2, 0.25) is 5.78 Å². The fraction of sp³-hybridized carbons (Fsp3) is 0.550. The predicted octanol–water partition coefficient (Wildman–Crippen LogP) is 1.76. The summed E-state index contributed by atoms with van der Waals surface area (Å²) in [5.41, 5.74) is -0.686. The molecule has 3 aliphatic rings. The molecule has 7 heteroatoms. The summed E-state index contributed by atoms with van der Waals surface area (Å²) in [5.74, 6) is -4.59. The average molecular weight is 376 g/mol. The summed E-state index contributed by atoms with van der Waals surface area (Å²) in [7, 11) is 0. The lowest BCUT2D eigenvalue weighted by atomic mass is 9.76. The summed E-state index contributed by atoms with van der Waals surface area (Å²) in [5, 5.41) is 21.2. The highest BCUT2D eigenvalue weighted by atomic mass is 16.6. The molecule has 7 nitrogen and oxygen atoms in total. The highest BCUT2D eigenvalue weighted by molar-refractivity contribution is 6.00. The largest absolute Gasteiger partial charge is 0.504 e. The standard InChI is InChI=1S/C20H24O7/c1-6-8(2)18(23)26-11-7-20(5,25)14-13(9(3)15(21)16(14)22)17-12(11)10(4)19(24)27-17/h6,11-14,17,21,25H,4,7H2,1-3,5H3/b8-6-/t11-,12-,13+,14+,17+,20+/m1/s1. The number of rotatable bonds is 2. The van der Waals surface area contributed by atoms with Crippen LogP contribution in [0.5, 0.6) is 0 Å². The minimum absolute atomic E-state index is 0.0833. The number of esters is 2. The predicted molar refractivity (Wildman–Crippen MR) is 94.4 cm³/mol. The number of carbonyl (C=O) groups is 3. The first-order chi connectivity index (χ1) is 12.5. The van der Waals surface area contributed by atoms with Crippen molar-refractivity contribution < 1.29 is 34.1 Å². The first kappa shape index (κ1) is 19.4. The van der Waals surface area contributed by atoms with Crippen LogP contribution >= 0.6 is 0 Å². The second-order valence-electron chi connectivity index (χ2n) is 7.80. The Balaban J connectivity index is 2.09. The van der Waals surface area contributed by atoms with Crippen LogP contribution < -0.4 is 0 Å². The molecule has 1 aliphatic heterocycles. The maximum atomic E-state index is 12.6. The molecule has 1 saturated heterocycles. The van der Waals surface area contributed by atoms with Gasteiger partial charge < -0.3 is 19.7 Å². The molecule has 6 atom stereocenters. The molecule has 0 radical (unpaired) electrons. The van der Waals surface area contributed by atoms with Gasteiger partial charge in [0.1, 0.15) is 12.2 Å². The molecule has 27 heavy (non-hydrogen) atoms. The van der Waals surface area contributed by atoms with Crippen LogP contribution in [0.3, 0.4) is 0 Å². The monoisotopic (exact) mass is 376 g/mol. The van der Waals surface area contributed by atoms with Crippen molar-refractivity contribution in [2.75, 3.05) is 0 Å². The molecular formula is C20H24O7. The molecule has 1 saturated carbocycles. The first-order valence-corrected chi connectivity index (χ1v) is 8.91. The minimum Gasteiger partial charge on any atom is -0.504 e. The van der Waals surface area contributed by atoms with E-state index in [1.807, 2.05) is 0 Å². The van der Waals surface area contributed by atoms with Crippen LogP contribution in [-0.4, -0.2) is 45.7 Å². The van der Waals surface area contributed by atoms with Crippen LogP contribution in [0.4, 0.5) is 0 Å². The van der Waals surface area contributed by atoms with Gasteiger partial charge in [-0.2, -0.15) is 0 Å². The van der Waals surface area contributed by atoms with Gasteiger partial charge >= 0.3 is 11.9 Å². The van der Waals surface area contributed by atoms with Crippen LogP contribution in [0, 0.1) is 17.8 Å². The number of ketones is 1. The Kier molecular flexibility index (Phi) is 4.54. The molecule has 2 aliphatic carbocycles. The topological polar surface area (TPSA) is 110 Å². The minimum atomic E-state index is -1.57. The van der Waals surface area contributed by atoms with E-state index in [-0.39, 0.29) is 12.0 Å². The van der Waals surface area contributed by atoms with Crippen molar-refractivity contribution in [3.63, 3.8) is 0 Å². The molecule has 1 heterocycles. The average Bonchev–Trinajstić information content (AvgIpc) is 2.97. The van der Waals surface area contributed by atoms with Gasteiger partial charge in [0, 0.05) is 23.5 Å². The van der Waals surface area contributed by atoms with Crippen molar-refractivity contribution in [3.8, 4) is 0 Å². The third-order valence-electron chi connectivity index (χ3n) is 6.06. The lowest BCUT2D eigenvalue weighted by Gasteiger charge is -2.33. The molecule has 0 aromatic rings. The number of aliphatic hydroxyl groups excluding tert-OH is 1. The molecule has 0 unspecified atom stereocenters. The van der Waals surface area contributed by atoms with E-state index in [0.717, 1.165) is 0 Å². The van der Waals surface area contributed by atoms with Gasteiger partial charge in [0.25, 0.3) is 0 Å². The molecule has 0 bridgehead atoms. The van der Waals surface area contributed by atoms with Crippen LogP contribution in [0.1, 0.15) is 34.1 Å². The lowest BCUT2D eigenvalue weighted by Crippen LogP contribution is -2.44. The van der Waals surface area contributed by atoms with Gasteiger partial charge in [0.05, 0.1) is 17.4 Å². The number of hydrogen-bond donors (Lipinski definition) is 2. The summed E-state index contributed by atoms with van der Waals surface area (Å²) in [6, 6.07) is 0. The first-order valence-electron chi connectivity index (χ1n) is 8.91. The summed E-state index contributed by atoms with van der Waals surface area (Å²) in [6.45, 7) is 10.1. The van der Waals surface area contributed by atoms with Gasteiger partial charge in [-0.15, -0.1) is 0 Å². The fourth-order valence-electron chi connectivity index (χ4n) is 4.48. The Morgan fingerprint density at radius 1 is 1.37 bits per heavy atom. The third-order valence-corrected chi connectivity index (χ3v) is 6.06. The smallest absolute Gasteiger partial charge is 0.334 e. The Bertz CT molecular complexity index is 801. The van der Waals surface area contributed by atoms with Gasteiger partial charge in [-0.1, -0.05) is 12.7 Å². The van der Waals surface area contributed by atoms with E-state index in [9.17, 15) is 24.6 Å². The quantitative estimate of drug-likeness (QED) is 0.558. The SMILES string of the molecule is C=C1C(=O)O[C@@H]2[C@H]3C(C)=C(O)C(=O)[C@H]3[C@@](C)(O)C[C@@H](OC(=O)/C(C)=C\C)[C@@H]12. The molecule has 2 N–H and O–H groups in total. The van der Waals surface area contributed by atoms with Crippen LogP contribution in [0.2, 0.25) is 0 Å².